The summed E-state index contributed by atoms with van der Waals surface area (Å²) in [4.78, 5) is 28.0. The van der Waals surface area contributed by atoms with Crippen LogP contribution in [0.2, 0.25) is 5.02 Å². The standard InChI is InChI=1S/C27H33ClF3N3O4S/c1-19(26(36)32-21-11-7-4-8-12-21)33(16-15-20-9-5-3-6-10-20)25(35)18-34(39(2,37)38)22-13-14-24(28)23(17-22)27(29,30)31/h3,5-6,9-10,13-14,17,19,21H,4,7-8,11-12,15-16,18H2,1-2H3,(H,32,36)/t19-/m0/s1. The maximum atomic E-state index is 13.6. The molecule has 0 saturated heterocycles. The van der Waals surface area contributed by atoms with E-state index in [9.17, 15) is 31.2 Å². The second-order valence-corrected chi connectivity index (χ2v) is 12.1. The van der Waals surface area contributed by atoms with Gasteiger partial charge in [0.2, 0.25) is 21.8 Å². The predicted molar refractivity (Wildman–Crippen MR) is 145 cm³/mol. The molecule has 0 bridgehead atoms. The molecule has 0 radical (unpaired) electrons. The van der Waals surface area contributed by atoms with E-state index in [-0.39, 0.29) is 24.2 Å². The van der Waals surface area contributed by atoms with Crippen LogP contribution in [0.3, 0.4) is 0 Å². The Labute approximate surface area is 232 Å². The number of carbonyl (C=O) groups is 2. The molecular weight excluding hydrogens is 555 g/mol. The maximum absolute atomic E-state index is 13.6. The number of nitrogens with zero attached hydrogens (tertiary/aromatic N) is 2. The van der Waals surface area contributed by atoms with Crippen molar-refractivity contribution in [1.82, 2.24) is 10.2 Å². The SMILES string of the molecule is C[C@@H](C(=O)NC1CCCCC1)N(CCc1ccccc1)C(=O)CN(c1ccc(Cl)c(C(F)(F)F)c1)S(C)(=O)=O. The largest absolute Gasteiger partial charge is 0.417 e. The van der Waals surface area contributed by atoms with Gasteiger partial charge in [0.1, 0.15) is 12.6 Å². The Morgan fingerprint density at radius 1 is 1.08 bits per heavy atom. The fourth-order valence-electron chi connectivity index (χ4n) is 4.64. The van der Waals surface area contributed by atoms with Gasteiger partial charge in [-0.05, 0) is 49.9 Å². The second-order valence-electron chi connectivity index (χ2n) is 9.77. The van der Waals surface area contributed by atoms with Crippen LogP contribution < -0.4 is 9.62 Å². The number of sulfonamides is 1. The first-order valence-corrected chi connectivity index (χ1v) is 15.0. The van der Waals surface area contributed by atoms with Crippen molar-refractivity contribution in [3.05, 3.63) is 64.7 Å². The number of carbonyl (C=O) groups excluding carboxylic acids is 2. The summed E-state index contributed by atoms with van der Waals surface area (Å²) < 4.78 is 66.3. The number of halogens is 4. The van der Waals surface area contributed by atoms with Crippen molar-refractivity contribution in [2.45, 2.75) is 63.7 Å². The highest BCUT2D eigenvalue weighted by molar-refractivity contribution is 7.92. The number of alkyl halides is 3. The second kappa shape index (κ2) is 13.0. The highest BCUT2D eigenvalue weighted by Crippen LogP contribution is 2.37. The zero-order valence-corrected chi connectivity index (χ0v) is 23.5. The Kier molecular flexibility index (Phi) is 10.3. The van der Waals surface area contributed by atoms with E-state index in [1.54, 1.807) is 6.92 Å². The molecule has 1 saturated carbocycles. The molecule has 7 nitrogen and oxygen atoms in total. The minimum Gasteiger partial charge on any atom is -0.352 e. The highest BCUT2D eigenvalue weighted by atomic mass is 35.5. The molecule has 1 aliphatic carbocycles. The topological polar surface area (TPSA) is 86.8 Å². The smallest absolute Gasteiger partial charge is 0.352 e. The Hall–Kier alpha value is -2.79. The van der Waals surface area contributed by atoms with Gasteiger partial charge in [-0.25, -0.2) is 8.42 Å². The van der Waals surface area contributed by atoms with Gasteiger partial charge in [-0.15, -0.1) is 0 Å². The van der Waals surface area contributed by atoms with Gasteiger partial charge in [-0.1, -0.05) is 61.2 Å². The molecule has 1 fully saturated rings. The zero-order valence-electron chi connectivity index (χ0n) is 21.9. The summed E-state index contributed by atoms with van der Waals surface area (Å²) in [7, 11) is -4.18. The fourth-order valence-corrected chi connectivity index (χ4v) is 5.70. The molecule has 0 aliphatic heterocycles. The van der Waals surface area contributed by atoms with Crippen LogP contribution in [0.4, 0.5) is 18.9 Å². The summed E-state index contributed by atoms with van der Waals surface area (Å²) in [5.74, 6) is -1.08. The van der Waals surface area contributed by atoms with Crippen LogP contribution in [0.5, 0.6) is 0 Å². The minimum atomic E-state index is -4.83. The molecule has 0 heterocycles. The van der Waals surface area contributed by atoms with Gasteiger partial charge in [0.05, 0.1) is 22.5 Å². The molecule has 214 valence electrons. The Bertz CT molecular complexity index is 1250. The number of hydrogen-bond acceptors (Lipinski definition) is 4. The van der Waals surface area contributed by atoms with Crippen LogP contribution in [-0.4, -0.2) is 56.6 Å². The zero-order chi connectivity index (χ0) is 28.8. The van der Waals surface area contributed by atoms with Crippen molar-refractivity contribution in [3.63, 3.8) is 0 Å². The van der Waals surface area contributed by atoms with E-state index < -0.39 is 45.3 Å². The van der Waals surface area contributed by atoms with Gasteiger partial charge in [0.15, 0.2) is 0 Å². The van der Waals surface area contributed by atoms with E-state index in [0.717, 1.165) is 56.1 Å². The van der Waals surface area contributed by atoms with Crippen molar-refractivity contribution < 1.29 is 31.2 Å². The summed E-state index contributed by atoms with van der Waals surface area (Å²) >= 11 is 5.70. The van der Waals surface area contributed by atoms with Crippen LogP contribution in [0, 0.1) is 0 Å². The molecule has 12 heteroatoms. The van der Waals surface area contributed by atoms with Crippen LogP contribution >= 0.6 is 11.6 Å². The van der Waals surface area contributed by atoms with Crippen LogP contribution in [0.1, 0.15) is 50.2 Å². The highest BCUT2D eigenvalue weighted by Gasteiger charge is 2.35. The van der Waals surface area contributed by atoms with Crippen LogP contribution in [0.15, 0.2) is 48.5 Å². The minimum absolute atomic E-state index is 0.00199. The number of benzene rings is 2. The molecule has 2 aromatic rings. The number of amides is 2. The summed E-state index contributed by atoms with van der Waals surface area (Å²) in [6, 6.07) is 11.0. The van der Waals surface area contributed by atoms with Crippen molar-refractivity contribution in [3.8, 4) is 0 Å². The Balaban J connectivity index is 1.88. The van der Waals surface area contributed by atoms with E-state index in [4.69, 9.17) is 11.6 Å². The monoisotopic (exact) mass is 587 g/mol. The van der Waals surface area contributed by atoms with Gasteiger partial charge in [0.25, 0.3) is 0 Å². The third-order valence-corrected chi connectivity index (χ3v) is 8.30. The van der Waals surface area contributed by atoms with Gasteiger partial charge in [-0.2, -0.15) is 13.2 Å². The summed E-state index contributed by atoms with van der Waals surface area (Å²) in [5.41, 5.74) is -0.670. The number of rotatable bonds is 10. The molecular formula is C27H33ClF3N3O4S. The maximum Gasteiger partial charge on any atom is 0.417 e. The lowest BCUT2D eigenvalue weighted by Crippen LogP contribution is -2.53. The third-order valence-electron chi connectivity index (χ3n) is 6.83. The predicted octanol–water partition coefficient (Wildman–Crippen LogP) is 5.03. The van der Waals surface area contributed by atoms with Gasteiger partial charge in [0, 0.05) is 12.6 Å². The molecule has 0 aromatic heterocycles. The Morgan fingerprint density at radius 3 is 2.31 bits per heavy atom. The molecule has 1 aliphatic rings. The molecule has 39 heavy (non-hydrogen) atoms. The molecule has 1 atom stereocenters. The lowest BCUT2D eigenvalue weighted by atomic mass is 9.95. The average Bonchev–Trinajstić information content (AvgIpc) is 2.87. The summed E-state index contributed by atoms with van der Waals surface area (Å²) in [5, 5.41) is 2.40. The van der Waals surface area contributed by atoms with Crippen molar-refractivity contribution in [1.29, 1.82) is 0 Å². The van der Waals surface area contributed by atoms with Crippen molar-refractivity contribution in [2.24, 2.45) is 0 Å². The number of nitrogens with one attached hydrogen (secondary N) is 1. The Morgan fingerprint density at radius 2 is 1.72 bits per heavy atom. The average molecular weight is 588 g/mol. The first-order chi connectivity index (χ1) is 18.3. The normalized spacial score (nSPS) is 15.4. The van der Waals surface area contributed by atoms with E-state index in [0.29, 0.717) is 16.8 Å². The number of anilines is 1. The van der Waals surface area contributed by atoms with Gasteiger partial charge in [-0.3, -0.25) is 13.9 Å². The number of hydrogen-bond donors (Lipinski definition) is 1. The first kappa shape index (κ1) is 30.7. The lowest BCUT2D eigenvalue weighted by Gasteiger charge is -2.33. The van der Waals surface area contributed by atoms with E-state index in [2.05, 4.69) is 5.32 Å². The van der Waals surface area contributed by atoms with Gasteiger partial charge >= 0.3 is 6.18 Å². The van der Waals surface area contributed by atoms with Crippen molar-refractivity contribution >= 4 is 39.1 Å². The molecule has 3 rings (SSSR count). The van der Waals surface area contributed by atoms with E-state index in [1.807, 2.05) is 30.3 Å². The molecule has 1 N–H and O–H groups in total. The van der Waals surface area contributed by atoms with Crippen LogP contribution in [0.25, 0.3) is 0 Å². The van der Waals surface area contributed by atoms with E-state index >= 15 is 0 Å². The molecule has 2 amide bonds. The quantitative estimate of drug-likeness (QED) is 0.422. The third kappa shape index (κ3) is 8.60. The summed E-state index contributed by atoms with van der Waals surface area (Å²) in [6.45, 7) is 0.887. The molecule has 2 aromatic carbocycles. The molecule has 0 unspecified atom stereocenters. The molecule has 0 spiro atoms. The van der Waals surface area contributed by atoms with E-state index in [1.165, 1.54) is 4.90 Å². The first-order valence-electron chi connectivity index (χ1n) is 12.8. The van der Waals surface area contributed by atoms with Gasteiger partial charge < -0.3 is 10.2 Å². The van der Waals surface area contributed by atoms with Crippen molar-refractivity contribution in [2.75, 3.05) is 23.7 Å². The summed E-state index contributed by atoms with van der Waals surface area (Å²) in [6.07, 6.45) is 1.16. The fraction of sp³-hybridized carbons (Fsp3) is 0.481. The lowest BCUT2D eigenvalue weighted by molar-refractivity contribution is -0.139. The van der Waals surface area contributed by atoms with Crippen LogP contribution in [-0.2, 0) is 32.2 Å².